The fourth-order valence-electron chi connectivity index (χ4n) is 2.19. The van der Waals surface area contributed by atoms with Gasteiger partial charge in [-0.2, -0.15) is 0 Å². The summed E-state index contributed by atoms with van der Waals surface area (Å²) < 4.78 is 7.18. The minimum atomic E-state index is -0.0580. The van der Waals surface area contributed by atoms with Crippen molar-refractivity contribution in [2.75, 3.05) is 13.6 Å². The second kappa shape index (κ2) is 4.38. The van der Waals surface area contributed by atoms with E-state index in [1.807, 2.05) is 7.05 Å². The second-order valence-electron chi connectivity index (χ2n) is 4.95. The Morgan fingerprint density at radius 3 is 2.88 bits per heavy atom. The first-order valence-corrected chi connectivity index (χ1v) is 6.46. The monoisotopic (exact) mass is 283 g/mol. The van der Waals surface area contributed by atoms with E-state index in [4.69, 9.17) is 4.74 Å². The van der Waals surface area contributed by atoms with Gasteiger partial charge >= 0.3 is 0 Å². The van der Waals surface area contributed by atoms with Crippen molar-refractivity contribution >= 4 is 15.9 Å². The van der Waals surface area contributed by atoms with E-state index in [-0.39, 0.29) is 5.60 Å². The Balaban J connectivity index is 2.33. The molecule has 0 amide bonds. The highest BCUT2D eigenvalue weighted by Gasteiger charge is 2.31. The summed E-state index contributed by atoms with van der Waals surface area (Å²) >= 11 is 3.57. The molecule has 88 valence electrons. The van der Waals surface area contributed by atoms with Gasteiger partial charge in [-0.15, -0.1) is 0 Å². The summed E-state index contributed by atoms with van der Waals surface area (Å²) in [5, 5.41) is 3.18. The van der Waals surface area contributed by atoms with Gasteiger partial charge in [-0.3, -0.25) is 0 Å². The lowest BCUT2D eigenvalue weighted by Crippen LogP contribution is -2.25. The standard InChI is InChI=1S/C13H18BrNO/c1-13(2)8-10-7-11(14)6-9(4-5-15-3)12(10)16-13/h6-7,15H,4-5,8H2,1-3H3. The lowest BCUT2D eigenvalue weighted by Gasteiger charge is -2.18. The highest BCUT2D eigenvalue weighted by molar-refractivity contribution is 9.10. The molecule has 0 aliphatic carbocycles. The zero-order valence-corrected chi connectivity index (χ0v) is 11.6. The van der Waals surface area contributed by atoms with Gasteiger partial charge in [0.15, 0.2) is 0 Å². The molecule has 0 unspecified atom stereocenters. The Morgan fingerprint density at radius 1 is 1.44 bits per heavy atom. The lowest BCUT2D eigenvalue weighted by atomic mass is 10.00. The van der Waals surface area contributed by atoms with E-state index in [9.17, 15) is 0 Å². The van der Waals surface area contributed by atoms with Gasteiger partial charge in [0.1, 0.15) is 11.4 Å². The zero-order chi connectivity index (χ0) is 11.8. The van der Waals surface area contributed by atoms with Gasteiger partial charge in [-0.1, -0.05) is 15.9 Å². The first-order chi connectivity index (χ1) is 7.52. The van der Waals surface area contributed by atoms with E-state index in [1.165, 1.54) is 11.1 Å². The van der Waals surface area contributed by atoms with Crippen molar-refractivity contribution < 1.29 is 4.74 Å². The van der Waals surface area contributed by atoms with Crippen LogP contribution in [-0.4, -0.2) is 19.2 Å². The lowest BCUT2D eigenvalue weighted by molar-refractivity contribution is 0.137. The maximum Gasteiger partial charge on any atom is 0.126 e. The van der Waals surface area contributed by atoms with Gasteiger partial charge in [-0.05, 0) is 57.1 Å². The van der Waals surface area contributed by atoms with Gasteiger partial charge in [-0.25, -0.2) is 0 Å². The van der Waals surface area contributed by atoms with Gasteiger partial charge in [0.25, 0.3) is 0 Å². The maximum atomic E-state index is 6.03. The van der Waals surface area contributed by atoms with Crippen LogP contribution in [0.5, 0.6) is 5.75 Å². The third-order valence-electron chi connectivity index (χ3n) is 2.85. The van der Waals surface area contributed by atoms with Crippen LogP contribution in [0.4, 0.5) is 0 Å². The summed E-state index contributed by atoms with van der Waals surface area (Å²) in [5.41, 5.74) is 2.56. The summed E-state index contributed by atoms with van der Waals surface area (Å²) in [7, 11) is 1.98. The number of fused-ring (bicyclic) bond motifs is 1. The normalized spacial score (nSPS) is 17.0. The summed E-state index contributed by atoms with van der Waals surface area (Å²) in [5.74, 6) is 1.10. The third-order valence-corrected chi connectivity index (χ3v) is 3.30. The van der Waals surface area contributed by atoms with E-state index in [0.29, 0.717) is 0 Å². The maximum absolute atomic E-state index is 6.03. The molecule has 3 heteroatoms. The third kappa shape index (κ3) is 2.41. The summed E-state index contributed by atoms with van der Waals surface area (Å²) in [6.45, 7) is 5.26. The molecule has 16 heavy (non-hydrogen) atoms. The first-order valence-electron chi connectivity index (χ1n) is 5.67. The molecule has 2 nitrogen and oxygen atoms in total. The van der Waals surface area contributed by atoms with Gasteiger partial charge in [0.2, 0.25) is 0 Å². The zero-order valence-electron chi connectivity index (χ0n) is 10.1. The van der Waals surface area contributed by atoms with Crippen LogP contribution in [0, 0.1) is 0 Å². The smallest absolute Gasteiger partial charge is 0.126 e. The van der Waals surface area contributed by atoms with Gasteiger partial charge < -0.3 is 10.1 Å². The molecule has 0 bridgehead atoms. The Bertz CT molecular complexity index is 401. The van der Waals surface area contributed by atoms with Gasteiger partial charge in [0.05, 0.1) is 0 Å². The molecule has 1 aliphatic rings. The van der Waals surface area contributed by atoms with Crippen LogP contribution in [0.1, 0.15) is 25.0 Å². The topological polar surface area (TPSA) is 21.3 Å². The molecule has 0 radical (unpaired) electrons. The first kappa shape index (κ1) is 11.9. The van der Waals surface area contributed by atoms with Crippen molar-refractivity contribution in [3.8, 4) is 5.75 Å². The molecule has 1 N–H and O–H groups in total. The van der Waals surface area contributed by atoms with Gasteiger partial charge in [0, 0.05) is 10.9 Å². The summed E-state index contributed by atoms with van der Waals surface area (Å²) in [4.78, 5) is 0. The Kier molecular flexibility index (Phi) is 3.27. The number of nitrogens with one attached hydrogen (secondary N) is 1. The number of hydrogen-bond acceptors (Lipinski definition) is 2. The molecule has 1 heterocycles. The van der Waals surface area contributed by atoms with Crippen LogP contribution >= 0.6 is 15.9 Å². The van der Waals surface area contributed by atoms with Crippen molar-refractivity contribution in [3.05, 3.63) is 27.7 Å². The van der Waals surface area contributed by atoms with Crippen molar-refractivity contribution in [2.45, 2.75) is 32.3 Å². The molecule has 0 fully saturated rings. The predicted molar refractivity (Wildman–Crippen MR) is 70.2 cm³/mol. The second-order valence-corrected chi connectivity index (χ2v) is 5.86. The average Bonchev–Trinajstić information content (AvgIpc) is 2.48. The Labute approximate surface area is 106 Å². The number of ether oxygens (including phenoxy) is 1. The van der Waals surface area contributed by atoms with Crippen LogP contribution < -0.4 is 10.1 Å². The van der Waals surface area contributed by atoms with Crippen LogP contribution in [-0.2, 0) is 12.8 Å². The quantitative estimate of drug-likeness (QED) is 0.921. The Hall–Kier alpha value is -0.540. The van der Waals surface area contributed by atoms with E-state index < -0.39 is 0 Å². The number of halogens is 1. The number of rotatable bonds is 3. The van der Waals surface area contributed by atoms with Crippen LogP contribution in [0.2, 0.25) is 0 Å². The summed E-state index contributed by atoms with van der Waals surface area (Å²) in [6, 6.07) is 4.34. The largest absolute Gasteiger partial charge is 0.487 e. The molecule has 0 saturated carbocycles. The number of benzene rings is 1. The fourth-order valence-corrected chi connectivity index (χ4v) is 2.74. The fraction of sp³-hybridized carbons (Fsp3) is 0.538. The van der Waals surface area contributed by atoms with Crippen LogP contribution in [0.15, 0.2) is 16.6 Å². The molecule has 0 saturated heterocycles. The predicted octanol–water partition coefficient (Wildman–Crippen LogP) is 2.92. The number of likely N-dealkylation sites (N-methyl/N-ethyl adjacent to an activating group) is 1. The molecule has 1 aromatic carbocycles. The number of hydrogen-bond donors (Lipinski definition) is 1. The highest BCUT2D eigenvalue weighted by Crippen LogP contribution is 2.39. The molecule has 0 aromatic heterocycles. The summed E-state index contributed by atoms with van der Waals surface area (Å²) in [6.07, 6.45) is 2.00. The van der Waals surface area contributed by atoms with E-state index in [0.717, 1.165) is 29.6 Å². The van der Waals surface area contributed by atoms with Crippen molar-refractivity contribution in [3.63, 3.8) is 0 Å². The van der Waals surface area contributed by atoms with E-state index in [2.05, 4.69) is 47.2 Å². The van der Waals surface area contributed by atoms with Crippen molar-refractivity contribution in [1.29, 1.82) is 0 Å². The Morgan fingerprint density at radius 2 is 2.19 bits per heavy atom. The van der Waals surface area contributed by atoms with Crippen molar-refractivity contribution in [1.82, 2.24) is 5.32 Å². The minimum absolute atomic E-state index is 0.0580. The highest BCUT2D eigenvalue weighted by atomic mass is 79.9. The SMILES string of the molecule is CNCCc1cc(Br)cc2c1OC(C)(C)C2. The van der Waals surface area contributed by atoms with E-state index >= 15 is 0 Å². The van der Waals surface area contributed by atoms with Crippen LogP contribution in [0.25, 0.3) is 0 Å². The van der Waals surface area contributed by atoms with E-state index in [1.54, 1.807) is 0 Å². The van der Waals surface area contributed by atoms with Crippen LogP contribution in [0.3, 0.4) is 0 Å². The molecular weight excluding hydrogens is 266 g/mol. The molecule has 2 rings (SSSR count). The molecule has 1 aromatic rings. The van der Waals surface area contributed by atoms with Crippen molar-refractivity contribution in [2.24, 2.45) is 0 Å². The minimum Gasteiger partial charge on any atom is -0.487 e. The molecule has 1 aliphatic heterocycles. The molecular formula is C13H18BrNO. The molecule has 0 spiro atoms. The molecule has 0 atom stereocenters. The average molecular weight is 284 g/mol.